The van der Waals surface area contributed by atoms with Crippen molar-refractivity contribution in [1.29, 1.82) is 0 Å². The highest BCUT2D eigenvalue weighted by atomic mass is 16.5. The van der Waals surface area contributed by atoms with Crippen LogP contribution in [0.25, 0.3) is 0 Å². The molecule has 1 aromatic carbocycles. The van der Waals surface area contributed by atoms with Gasteiger partial charge in [0.1, 0.15) is 0 Å². The zero-order valence-corrected chi connectivity index (χ0v) is 8.94. The van der Waals surface area contributed by atoms with Gasteiger partial charge in [-0.05, 0) is 18.4 Å². The Labute approximate surface area is 86.1 Å². The van der Waals surface area contributed by atoms with E-state index in [9.17, 15) is 0 Å². The number of benzene rings is 1. The fourth-order valence-corrected chi connectivity index (χ4v) is 1.66. The standard InChI is InChI=1S/C12H19NO/c1-3-12(14-2)11(13)9-10-7-5-4-6-8-10/h4-8,11-12H,3,9,13H2,1-2H3. The number of hydrogen-bond donors (Lipinski definition) is 1. The van der Waals surface area contributed by atoms with Crippen LogP contribution in [0.15, 0.2) is 30.3 Å². The van der Waals surface area contributed by atoms with Crippen molar-refractivity contribution >= 4 is 0 Å². The number of hydrogen-bond acceptors (Lipinski definition) is 2. The Hall–Kier alpha value is -0.860. The van der Waals surface area contributed by atoms with Gasteiger partial charge < -0.3 is 10.5 Å². The molecule has 0 bridgehead atoms. The zero-order valence-electron chi connectivity index (χ0n) is 8.94. The summed E-state index contributed by atoms with van der Waals surface area (Å²) in [6.45, 7) is 2.10. The quantitative estimate of drug-likeness (QED) is 0.776. The van der Waals surface area contributed by atoms with Gasteiger partial charge in [-0.25, -0.2) is 0 Å². The van der Waals surface area contributed by atoms with Gasteiger partial charge in [0, 0.05) is 13.2 Å². The van der Waals surface area contributed by atoms with Crippen LogP contribution in [0, 0.1) is 0 Å². The second-order valence-corrected chi connectivity index (χ2v) is 3.54. The van der Waals surface area contributed by atoms with Gasteiger partial charge in [0.05, 0.1) is 6.10 Å². The molecule has 0 radical (unpaired) electrons. The van der Waals surface area contributed by atoms with Crippen LogP contribution < -0.4 is 5.73 Å². The number of nitrogens with two attached hydrogens (primary N) is 1. The van der Waals surface area contributed by atoms with Gasteiger partial charge in [-0.3, -0.25) is 0 Å². The predicted molar refractivity (Wildman–Crippen MR) is 59.2 cm³/mol. The first-order chi connectivity index (χ1) is 6.77. The molecule has 0 heterocycles. The smallest absolute Gasteiger partial charge is 0.0722 e. The summed E-state index contributed by atoms with van der Waals surface area (Å²) in [4.78, 5) is 0. The highest BCUT2D eigenvalue weighted by Gasteiger charge is 2.14. The third-order valence-corrected chi connectivity index (χ3v) is 2.50. The lowest BCUT2D eigenvalue weighted by Gasteiger charge is -2.21. The molecule has 2 unspecified atom stereocenters. The van der Waals surface area contributed by atoms with Crippen molar-refractivity contribution in [3.05, 3.63) is 35.9 Å². The van der Waals surface area contributed by atoms with Crippen LogP contribution in [0.2, 0.25) is 0 Å². The van der Waals surface area contributed by atoms with E-state index in [0.717, 1.165) is 12.8 Å². The van der Waals surface area contributed by atoms with Gasteiger partial charge in [0.15, 0.2) is 0 Å². The molecule has 0 aromatic heterocycles. The molecule has 0 aliphatic heterocycles. The van der Waals surface area contributed by atoms with E-state index in [1.54, 1.807) is 7.11 Å². The first-order valence-corrected chi connectivity index (χ1v) is 5.10. The first-order valence-electron chi connectivity index (χ1n) is 5.10. The van der Waals surface area contributed by atoms with Crippen LogP contribution in [-0.2, 0) is 11.2 Å². The Morgan fingerprint density at radius 1 is 1.29 bits per heavy atom. The lowest BCUT2D eigenvalue weighted by atomic mass is 10.0. The molecular formula is C12H19NO. The molecule has 78 valence electrons. The van der Waals surface area contributed by atoms with Crippen LogP contribution in [0.5, 0.6) is 0 Å². The Kier molecular flexibility index (Phi) is 4.63. The Morgan fingerprint density at radius 3 is 2.43 bits per heavy atom. The zero-order chi connectivity index (χ0) is 10.4. The molecule has 0 saturated carbocycles. The molecule has 0 fully saturated rings. The van der Waals surface area contributed by atoms with Crippen LogP contribution in [0.1, 0.15) is 18.9 Å². The van der Waals surface area contributed by atoms with E-state index in [2.05, 4.69) is 19.1 Å². The maximum atomic E-state index is 6.05. The van der Waals surface area contributed by atoms with Crippen molar-refractivity contribution in [3.63, 3.8) is 0 Å². The summed E-state index contributed by atoms with van der Waals surface area (Å²) in [5.41, 5.74) is 7.32. The molecule has 2 heteroatoms. The summed E-state index contributed by atoms with van der Waals surface area (Å²) in [7, 11) is 1.72. The van der Waals surface area contributed by atoms with Crippen molar-refractivity contribution in [2.75, 3.05) is 7.11 Å². The maximum absolute atomic E-state index is 6.05. The van der Waals surface area contributed by atoms with Crippen molar-refractivity contribution in [2.45, 2.75) is 31.9 Å². The van der Waals surface area contributed by atoms with E-state index in [-0.39, 0.29) is 12.1 Å². The minimum Gasteiger partial charge on any atom is -0.380 e. The third kappa shape index (κ3) is 3.13. The lowest BCUT2D eigenvalue weighted by Crippen LogP contribution is -2.37. The predicted octanol–water partition coefficient (Wildman–Crippen LogP) is 1.98. The van der Waals surface area contributed by atoms with E-state index in [0.29, 0.717) is 0 Å². The Morgan fingerprint density at radius 2 is 1.93 bits per heavy atom. The molecule has 2 N–H and O–H groups in total. The highest BCUT2D eigenvalue weighted by molar-refractivity contribution is 5.16. The van der Waals surface area contributed by atoms with Crippen LogP contribution in [0.4, 0.5) is 0 Å². The van der Waals surface area contributed by atoms with Crippen molar-refractivity contribution in [3.8, 4) is 0 Å². The molecule has 1 aromatic rings. The fourth-order valence-electron chi connectivity index (χ4n) is 1.66. The Balaban J connectivity index is 2.52. The largest absolute Gasteiger partial charge is 0.380 e. The molecule has 2 nitrogen and oxygen atoms in total. The van der Waals surface area contributed by atoms with Crippen molar-refractivity contribution < 1.29 is 4.74 Å². The van der Waals surface area contributed by atoms with Gasteiger partial charge in [-0.2, -0.15) is 0 Å². The molecule has 0 aliphatic carbocycles. The normalized spacial score (nSPS) is 15.1. The van der Waals surface area contributed by atoms with Gasteiger partial charge in [-0.15, -0.1) is 0 Å². The molecule has 0 aliphatic rings. The average Bonchev–Trinajstić information content (AvgIpc) is 2.21. The molecule has 0 amide bonds. The first kappa shape index (κ1) is 11.2. The van der Waals surface area contributed by atoms with E-state index < -0.39 is 0 Å². The van der Waals surface area contributed by atoms with E-state index in [4.69, 9.17) is 10.5 Å². The third-order valence-electron chi connectivity index (χ3n) is 2.50. The van der Waals surface area contributed by atoms with Gasteiger partial charge in [-0.1, -0.05) is 37.3 Å². The lowest BCUT2D eigenvalue weighted by molar-refractivity contribution is 0.0773. The summed E-state index contributed by atoms with van der Waals surface area (Å²) in [6.07, 6.45) is 2.01. The highest BCUT2D eigenvalue weighted by Crippen LogP contribution is 2.08. The van der Waals surface area contributed by atoms with Gasteiger partial charge in [0.2, 0.25) is 0 Å². The summed E-state index contributed by atoms with van der Waals surface area (Å²) in [5, 5.41) is 0. The van der Waals surface area contributed by atoms with E-state index in [1.165, 1.54) is 5.56 Å². The van der Waals surface area contributed by atoms with E-state index in [1.807, 2.05) is 18.2 Å². The second kappa shape index (κ2) is 5.78. The molecule has 1 rings (SSSR count). The van der Waals surface area contributed by atoms with Gasteiger partial charge >= 0.3 is 0 Å². The van der Waals surface area contributed by atoms with Crippen molar-refractivity contribution in [2.24, 2.45) is 5.73 Å². The summed E-state index contributed by atoms with van der Waals surface area (Å²) in [6, 6.07) is 10.4. The molecular weight excluding hydrogens is 174 g/mol. The fraction of sp³-hybridized carbons (Fsp3) is 0.500. The molecule has 14 heavy (non-hydrogen) atoms. The topological polar surface area (TPSA) is 35.2 Å². The van der Waals surface area contributed by atoms with Crippen molar-refractivity contribution in [1.82, 2.24) is 0 Å². The number of ether oxygens (including phenoxy) is 1. The minimum absolute atomic E-state index is 0.0902. The minimum atomic E-state index is 0.0902. The molecule has 0 saturated heterocycles. The summed E-state index contributed by atoms with van der Waals surface area (Å²) < 4.78 is 5.31. The maximum Gasteiger partial charge on any atom is 0.0722 e. The Bertz CT molecular complexity index is 244. The van der Waals surface area contributed by atoms with Crippen LogP contribution >= 0.6 is 0 Å². The van der Waals surface area contributed by atoms with Crippen LogP contribution in [-0.4, -0.2) is 19.3 Å². The molecule has 0 spiro atoms. The average molecular weight is 193 g/mol. The summed E-state index contributed by atoms with van der Waals surface area (Å²) in [5.74, 6) is 0. The molecule has 2 atom stereocenters. The van der Waals surface area contributed by atoms with Gasteiger partial charge in [0.25, 0.3) is 0 Å². The van der Waals surface area contributed by atoms with E-state index >= 15 is 0 Å². The summed E-state index contributed by atoms with van der Waals surface area (Å²) >= 11 is 0. The second-order valence-electron chi connectivity index (χ2n) is 3.54. The van der Waals surface area contributed by atoms with Crippen LogP contribution in [0.3, 0.4) is 0 Å². The number of methoxy groups -OCH3 is 1. The number of rotatable bonds is 5. The monoisotopic (exact) mass is 193 g/mol. The SMILES string of the molecule is CCC(OC)C(N)Cc1ccccc1.